The highest BCUT2D eigenvalue weighted by molar-refractivity contribution is 6.25. The number of carbonyl (C=O) groups is 2. The molecule has 2 aromatic carbocycles. The first-order chi connectivity index (χ1) is 11.2. The summed E-state index contributed by atoms with van der Waals surface area (Å²) >= 11 is 0. The Morgan fingerprint density at radius 2 is 1.78 bits per heavy atom. The van der Waals surface area contributed by atoms with Crippen LogP contribution in [-0.4, -0.2) is 43.7 Å². The first kappa shape index (κ1) is 15.5. The number of carbonyl (C=O) groups excluding carboxylic acids is 2. The maximum Gasteiger partial charge on any atom is 0.275 e. The third-order valence-corrected chi connectivity index (χ3v) is 3.78. The third kappa shape index (κ3) is 2.56. The number of imide groups is 1. The first-order valence-electron chi connectivity index (χ1n) is 7.51. The Morgan fingerprint density at radius 1 is 1.04 bits per heavy atom. The van der Waals surface area contributed by atoms with Gasteiger partial charge in [0.1, 0.15) is 12.4 Å². The fraction of sp³-hybridized carbons (Fsp3) is 0.294. The second-order valence-corrected chi connectivity index (χ2v) is 5.05. The van der Waals surface area contributed by atoms with E-state index in [1.807, 2.05) is 13.0 Å². The minimum absolute atomic E-state index is 0.359. The van der Waals surface area contributed by atoms with Gasteiger partial charge in [0.25, 0.3) is 11.8 Å². The molecular formula is C17H18N2O4. The standard InChI is InChI=1S/C17H18N2O4/c1-3-22-9-10-23-14-8-7-13-15-11(14)5-4-6-12(15)16(20)19(18-2)17(13)21/h4-8,18H,3,9-10H2,1-2H3. The molecule has 0 spiro atoms. The van der Waals surface area contributed by atoms with Crippen LogP contribution in [0.25, 0.3) is 10.8 Å². The molecule has 0 bridgehead atoms. The van der Waals surface area contributed by atoms with Gasteiger partial charge in [0.2, 0.25) is 0 Å². The van der Waals surface area contributed by atoms with Crippen LogP contribution in [-0.2, 0) is 4.74 Å². The summed E-state index contributed by atoms with van der Waals surface area (Å²) in [6.45, 7) is 3.46. The molecule has 0 atom stereocenters. The molecule has 1 aliphatic rings. The number of hydrazine groups is 1. The van der Waals surface area contributed by atoms with Crippen molar-refractivity contribution in [3.63, 3.8) is 0 Å². The topological polar surface area (TPSA) is 67.9 Å². The number of rotatable bonds is 6. The Kier molecular flexibility index (Phi) is 4.27. The number of nitrogens with one attached hydrogen (secondary N) is 1. The van der Waals surface area contributed by atoms with Crippen LogP contribution < -0.4 is 10.2 Å². The summed E-state index contributed by atoms with van der Waals surface area (Å²) in [7, 11) is 1.55. The van der Waals surface area contributed by atoms with Crippen molar-refractivity contribution in [3.05, 3.63) is 41.5 Å². The number of hydrogen-bond donors (Lipinski definition) is 1. The summed E-state index contributed by atoms with van der Waals surface area (Å²) in [5.74, 6) is -0.0760. The maximum absolute atomic E-state index is 12.4. The molecule has 0 radical (unpaired) electrons. The van der Waals surface area contributed by atoms with Gasteiger partial charge in [-0.2, -0.15) is 0 Å². The summed E-state index contributed by atoms with van der Waals surface area (Å²) in [5, 5.41) is 2.42. The van der Waals surface area contributed by atoms with Gasteiger partial charge in [-0.1, -0.05) is 12.1 Å². The highest BCUT2D eigenvalue weighted by Gasteiger charge is 2.32. The van der Waals surface area contributed by atoms with E-state index in [0.29, 0.717) is 42.1 Å². The van der Waals surface area contributed by atoms with Crippen molar-refractivity contribution in [2.45, 2.75) is 6.92 Å². The van der Waals surface area contributed by atoms with Crippen LogP contribution in [0.2, 0.25) is 0 Å². The highest BCUT2D eigenvalue weighted by atomic mass is 16.5. The Balaban J connectivity index is 2.06. The van der Waals surface area contributed by atoms with Gasteiger partial charge in [0, 0.05) is 24.4 Å². The molecule has 0 aliphatic carbocycles. The number of hydrogen-bond acceptors (Lipinski definition) is 5. The van der Waals surface area contributed by atoms with Crippen LogP contribution in [0.3, 0.4) is 0 Å². The molecule has 2 amide bonds. The van der Waals surface area contributed by atoms with Crippen molar-refractivity contribution in [1.29, 1.82) is 0 Å². The van der Waals surface area contributed by atoms with Gasteiger partial charge >= 0.3 is 0 Å². The van der Waals surface area contributed by atoms with E-state index < -0.39 is 0 Å². The molecule has 0 saturated heterocycles. The number of benzene rings is 2. The Morgan fingerprint density at radius 3 is 2.48 bits per heavy atom. The van der Waals surface area contributed by atoms with Crippen LogP contribution in [0, 0.1) is 0 Å². The lowest BCUT2D eigenvalue weighted by atomic mass is 9.94. The van der Waals surface area contributed by atoms with E-state index in [0.717, 1.165) is 10.4 Å². The summed E-state index contributed by atoms with van der Waals surface area (Å²) < 4.78 is 11.0. The second-order valence-electron chi connectivity index (χ2n) is 5.05. The van der Waals surface area contributed by atoms with Crippen LogP contribution in [0.5, 0.6) is 5.75 Å². The van der Waals surface area contributed by atoms with Gasteiger partial charge in [-0.3, -0.25) is 9.59 Å². The van der Waals surface area contributed by atoms with E-state index in [1.54, 1.807) is 31.3 Å². The molecule has 6 heteroatoms. The van der Waals surface area contributed by atoms with Crippen molar-refractivity contribution in [3.8, 4) is 5.75 Å². The summed E-state index contributed by atoms with van der Waals surface area (Å²) in [6.07, 6.45) is 0. The van der Waals surface area contributed by atoms with Gasteiger partial charge in [-0.25, -0.2) is 10.4 Å². The molecule has 23 heavy (non-hydrogen) atoms. The minimum atomic E-state index is -0.359. The number of amides is 2. The Bertz CT molecular complexity index is 750. The van der Waals surface area contributed by atoms with E-state index in [1.165, 1.54) is 0 Å². The van der Waals surface area contributed by atoms with Crippen LogP contribution in [0.4, 0.5) is 0 Å². The van der Waals surface area contributed by atoms with E-state index in [2.05, 4.69) is 5.43 Å². The molecule has 120 valence electrons. The molecular weight excluding hydrogens is 296 g/mol. The molecule has 3 rings (SSSR count). The average molecular weight is 314 g/mol. The predicted octanol–water partition coefficient (Wildman–Crippen LogP) is 1.99. The minimum Gasteiger partial charge on any atom is -0.491 e. The van der Waals surface area contributed by atoms with Crippen LogP contribution >= 0.6 is 0 Å². The van der Waals surface area contributed by atoms with E-state index >= 15 is 0 Å². The van der Waals surface area contributed by atoms with Crippen molar-refractivity contribution in [1.82, 2.24) is 10.4 Å². The van der Waals surface area contributed by atoms with E-state index in [4.69, 9.17) is 9.47 Å². The summed E-state index contributed by atoms with van der Waals surface area (Å²) in [5.41, 5.74) is 3.61. The average Bonchev–Trinajstić information content (AvgIpc) is 2.57. The van der Waals surface area contributed by atoms with Crippen molar-refractivity contribution in [2.24, 2.45) is 0 Å². The lowest BCUT2D eigenvalue weighted by Crippen LogP contribution is -2.47. The fourth-order valence-electron chi connectivity index (χ4n) is 2.75. The monoisotopic (exact) mass is 314 g/mol. The molecule has 2 aromatic rings. The maximum atomic E-state index is 12.4. The quantitative estimate of drug-likeness (QED) is 0.652. The SMILES string of the molecule is CCOCCOc1ccc2c3c(cccc13)C(=O)N(NC)C2=O. The largest absolute Gasteiger partial charge is 0.491 e. The molecule has 1 aliphatic heterocycles. The van der Waals surface area contributed by atoms with Crippen molar-refractivity contribution >= 4 is 22.6 Å². The van der Waals surface area contributed by atoms with E-state index in [9.17, 15) is 9.59 Å². The normalized spacial score (nSPS) is 13.7. The van der Waals surface area contributed by atoms with E-state index in [-0.39, 0.29) is 11.8 Å². The molecule has 0 aromatic heterocycles. The van der Waals surface area contributed by atoms with Crippen molar-refractivity contribution < 1.29 is 19.1 Å². The number of ether oxygens (including phenoxy) is 2. The molecule has 0 fully saturated rings. The molecule has 0 saturated carbocycles. The lowest BCUT2D eigenvalue weighted by Gasteiger charge is -2.26. The van der Waals surface area contributed by atoms with Gasteiger partial charge < -0.3 is 9.47 Å². The predicted molar refractivity (Wildman–Crippen MR) is 85.5 cm³/mol. The van der Waals surface area contributed by atoms with Crippen LogP contribution in [0.1, 0.15) is 27.6 Å². The lowest BCUT2D eigenvalue weighted by molar-refractivity contribution is 0.0540. The van der Waals surface area contributed by atoms with Gasteiger partial charge in [0.15, 0.2) is 0 Å². The smallest absolute Gasteiger partial charge is 0.275 e. The summed E-state index contributed by atoms with van der Waals surface area (Å²) in [4.78, 5) is 24.9. The zero-order valence-electron chi connectivity index (χ0n) is 13.1. The third-order valence-electron chi connectivity index (χ3n) is 3.78. The zero-order chi connectivity index (χ0) is 16.4. The van der Waals surface area contributed by atoms with Crippen LogP contribution in [0.15, 0.2) is 30.3 Å². The molecule has 0 unspecified atom stereocenters. The van der Waals surface area contributed by atoms with Gasteiger partial charge in [0.05, 0.1) is 17.7 Å². The molecule has 1 heterocycles. The highest BCUT2D eigenvalue weighted by Crippen LogP contribution is 2.34. The fourth-order valence-corrected chi connectivity index (χ4v) is 2.75. The first-order valence-corrected chi connectivity index (χ1v) is 7.51. The van der Waals surface area contributed by atoms with Crippen molar-refractivity contribution in [2.75, 3.05) is 26.9 Å². The van der Waals surface area contributed by atoms with Gasteiger partial charge in [-0.05, 0) is 25.1 Å². The zero-order valence-corrected chi connectivity index (χ0v) is 13.1. The Labute approximate surface area is 133 Å². The second kappa shape index (κ2) is 6.36. The molecule has 6 nitrogen and oxygen atoms in total. The summed E-state index contributed by atoms with van der Waals surface area (Å²) in [6, 6.07) is 8.82. The molecule has 1 N–H and O–H groups in total. The van der Waals surface area contributed by atoms with Gasteiger partial charge in [-0.15, -0.1) is 0 Å². The Hall–Kier alpha value is -2.44. The number of nitrogens with zero attached hydrogens (tertiary/aromatic N) is 1.